The van der Waals surface area contributed by atoms with Gasteiger partial charge in [0.15, 0.2) is 0 Å². The second-order valence-corrected chi connectivity index (χ2v) is 8.14. The van der Waals surface area contributed by atoms with Gasteiger partial charge in [-0.3, -0.25) is 4.79 Å². The lowest BCUT2D eigenvalue weighted by molar-refractivity contribution is 0.0637. The topological polar surface area (TPSA) is 33.2 Å². The number of likely N-dealkylation sites (tertiary alicyclic amines) is 1. The fraction of sp³-hybridized carbons (Fsp3) is 0.360. The highest BCUT2D eigenvalue weighted by Gasteiger charge is 2.28. The van der Waals surface area contributed by atoms with E-state index in [1.165, 1.54) is 17.5 Å². The van der Waals surface area contributed by atoms with Crippen LogP contribution in [0.15, 0.2) is 42.5 Å². The molecule has 3 aromatic rings. The minimum atomic E-state index is 0.148. The summed E-state index contributed by atoms with van der Waals surface area (Å²) < 4.78 is 0. The largest absolute Gasteiger partial charge is 0.336 e. The SMILES string of the molecule is Cc1ccc(C)c(-c2nc3ccccc3c(C(=O)N3CCCCC3C)c2C)c1. The van der Waals surface area contributed by atoms with Crippen molar-refractivity contribution in [1.29, 1.82) is 0 Å². The second kappa shape index (κ2) is 7.38. The van der Waals surface area contributed by atoms with E-state index < -0.39 is 0 Å². The van der Waals surface area contributed by atoms with E-state index in [4.69, 9.17) is 4.98 Å². The Labute approximate surface area is 167 Å². The van der Waals surface area contributed by atoms with E-state index in [-0.39, 0.29) is 11.9 Å². The number of carbonyl (C=O) groups excluding carboxylic acids is 1. The molecule has 0 N–H and O–H groups in total. The van der Waals surface area contributed by atoms with Crippen molar-refractivity contribution < 1.29 is 4.79 Å². The third kappa shape index (κ3) is 3.19. The van der Waals surface area contributed by atoms with Gasteiger partial charge in [0, 0.05) is 23.5 Å². The molecular weight excluding hydrogens is 344 g/mol. The molecule has 0 bridgehead atoms. The van der Waals surface area contributed by atoms with Gasteiger partial charge in [0.1, 0.15) is 0 Å². The van der Waals surface area contributed by atoms with Gasteiger partial charge in [-0.15, -0.1) is 0 Å². The summed E-state index contributed by atoms with van der Waals surface area (Å²) in [5.74, 6) is 0.148. The summed E-state index contributed by atoms with van der Waals surface area (Å²) in [4.78, 5) is 20.7. The van der Waals surface area contributed by atoms with Crippen LogP contribution >= 0.6 is 0 Å². The van der Waals surface area contributed by atoms with Crippen LogP contribution in [-0.4, -0.2) is 28.4 Å². The number of benzene rings is 2. The van der Waals surface area contributed by atoms with E-state index in [9.17, 15) is 4.79 Å². The number of pyridine rings is 1. The first-order valence-corrected chi connectivity index (χ1v) is 10.3. The average molecular weight is 373 g/mol. The lowest BCUT2D eigenvalue weighted by Gasteiger charge is -2.34. The molecule has 1 atom stereocenters. The molecular formula is C25H28N2O. The lowest BCUT2D eigenvalue weighted by Crippen LogP contribution is -2.42. The molecule has 3 heteroatoms. The normalized spacial score (nSPS) is 17.1. The van der Waals surface area contributed by atoms with Crippen molar-refractivity contribution in [2.24, 2.45) is 0 Å². The number of fused-ring (bicyclic) bond motifs is 1. The maximum atomic E-state index is 13.7. The molecule has 1 aliphatic heterocycles. The van der Waals surface area contributed by atoms with Crippen molar-refractivity contribution in [3.63, 3.8) is 0 Å². The molecule has 1 fully saturated rings. The third-order valence-electron chi connectivity index (χ3n) is 6.06. The summed E-state index contributed by atoms with van der Waals surface area (Å²) in [5, 5.41) is 0.955. The highest BCUT2D eigenvalue weighted by Crippen LogP contribution is 2.33. The smallest absolute Gasteiger partial charge is 0.255 e. The average Bonchev–Trinajstić information content (AvgIpc) is 2.69. The minimum Gasteiger partial charge on any atom is -0.336 e. The standard InChI is InChI=1S/C25H28N2O/c1-16-12-13-17(2)21(15-16)24-19(4)23(20-10-5-6-11-22(20)26-24)25(28)27-14-8-7-9-18(27)3/h5-6,10-13,15,18H,7-9,14H2,1-4H3. The van der Waals surface area contributed by atoms with Gasteiger partial charge >= 0.3 is 0 Å². The van der Waals surface area contributed by atoms with Gasteiger partial charge in [-0.25, -0.2) is 4.98 Å². The summed E-state index contributed by atoms with van der Waals surface area (Å²) in [6, 6.07) is 14.8. The van der Waals surface area contributed by atoms with E-state index in [1.807, 2.05) is 24.3 Å². The Morgan fingerprint density at radius 2 is 1.86 bits per heavy atom. The summed E-state index contributed by atoms with van der Waals surface area (Å²) in [7, 11) is 0. The second-order valence-electron chi connectivity index (χ2n) is 8.14. The number of aromatic nitrogens is 1. The Morgan fingerprint density at radius 1 is 1.07 bits per heavy atom. The fourth-order valence-corrected chi connectivity index (χ4v) is 4.38. The molecule has 1 amide bonds. The van der Waals surface area contributed by atoms with Crippen molar-refractivity contribution in [2.75, 3.05) is 6.54 Å². The molecule has 2 heterocycles. The van der Waals surface area contributed by atoms with E-state index in [0.717, 1.165) is 52.7 Å². The zero-order valence-electron chi connectivity index (χ0n) is 17.2. The Balaban J connectivity index is 1.96. The zero-order valence-corrected chi connectivity index (χ0v) is 17.2. The van der Waals surface area contributed by atoms with E-state index in [2.05, 4.69) is 50.8 Å². The molecule has 3 nitrogen and oxygen atoms in total. The molecule has 28 heavy (non-hydrogen) atoms. The van der Waals surface area contributed by atoms with Crippen LogP contribution in [0.2, 0.25) is 0 Å². The predicted molar refractivity (Wildman–Crippen MR) is 116 cm³/mol. The zero-order chi connectivity index (χ0) is 19.8. The van der Waals surface area contributed by atoms with Crippen LogP contribution in [0.5, 0.6) is 0 Å². The maximum Gasteiger partial charge on any atom is 0.255 e. The molecule has 2 aromatic carbocycles. The summed E-state index contributed by atoms with van der Waals surface area (Å²) >= 11 is 0. The number of rotatable bonds is 2. The van der Waals surface area contributed by atoms with Gasteiger partial charge in [0.25, 0.3) is 5.91 Å². The number of hydrogen-bond acceptors (Lipinski definition) is 2. The first kappa shape index (κ1) is 18.7. The molecule has 0 spiro atoms. The van der Waals surface area contributed by atoms with Crippen LogP contribution < -0.4 is 0 Å². The number of aryl methyl sites for hydroxylation is 2. The Hall–Kier alpha value is -2.68. The maximum absolute atomic E-state index is 13.7. The van der Waals surface area contributed by atoms with Crippen LogP contribution in [0.3, 0.4) is 0 Å². The van der Waals surface area contributed by atoms with Gasteiger partial charge < -0.3 is 4.90 Å². The molecule has 1 aromatic heterocycles. The predicted octanol–water partition coefficient (Wildman–Crippen LogP) is 5.84. The molecule has 0 radical (unpaired) electrons. The number of carbonyl (C=O) groups is 1. The van der Waals surface area contributed by atoms with Crippen LogP contribution in [-0.2, 0) is 0 Å². The minimum absolute atomic E-state index is 0.148. The summed E-state index contributed by atoms with van der Waals surface area (Å²) in [6.45, 7) is 9.27. The Bertz CT molecular complexity index is 1050. The summed E-state index contributed by atoms with van der Waals surface area (Å²) in [5.41, 5.74) is 7.10. The van der Waals surface area contributed by atoms with Crippen LogP contribution in [0.4, 0.5) is 0 Å². The Kier molecular flexibility index (Phi) is 4.92. The van der Waals surface area contributed by atoms with E-state index in [1.54, 1.807) is 0 Å². The molecule has 0 saturated carbocycles. The summed E-state index contributed by atoms with van der Waals surface area (Å²) in [6.07, 6.45) is 3.37. The van der Waals surface area contributed by atoms with Gasteiger partial charge in [0.2, 0.25) is 0 Å². The van der Waals surface area contributed by atoms with Crippen LogP contribution in [0.1, 0.15) is 53.2 Å². The first-order valence-electron chi connectivity index (χ1n) is 10.3. The van der Waals surface area contributed by atoms with Crippen molar-refractivity contribution in [3.05, 3.63) is 64.7 Å². The fourth-order valence-electron chi connectivity index (χ4n) is 4.38. The molecule has 1 unspecified atom stereocenters. The number of amides is 1. The Morgan fingerprint density at radius 3 is 2.64 bits per heavy atom. The quantitative estimate of drug-likeness (QED) is 0.566. The van der Waals surface area contributed by atoms with Gasteiger partial charge in [-0.2, -0.15) is 0 Å². The molecule has 1 aliphatic rings. The first-order chi connectivity index (χ1) is 13.5. The molecule has 0 aliphatic carbocycles. The monoisotopic (exact) mass is 372 g/mol. The third-order valence-corrected chi connectivity index (χ3v) is 6.06. The van der Waals surface area contributed by atoms with Gasteiger partial charge in [0.05, 0.1) is 16.8 Å². The molecule has 144 valence electrons. The number of nitrogens with zero attached hydrogens (tertiary/aromatic N) is 2. The molecule has 4 rings (SSSR count). The lowest BCUT2D eigenvalue weighted by atomic mass is 9.93. The van der Waals surface area contributed by atoms with Crippen LogP contribution in [0, 0.1) is 20.8 Å². The van der Waals surface area contributed by atoms with Crippen molar-refractivity contribution >= 4 is 16.8 Å². The molecule has 1 saturated heterocycles. The van der Waals surface area contributed by atoms with Crippen molar-refractivity contribution in [3.8, 4) is 11.3 Å². The van der Waals surface area contributed by atoms with Gasteiger partial charge in [-0.05, 0) is 70.2 Å². The number of piperidine rings is 1. The highest BCUT2D eigenvalue weighted by atomic mass is 16.2. The van der Waals surface area contributed by atoms with Gasteiger partial charge in [-0.1, -0.05) is 35.9 Å². The van der Waals surface area contributed by atoms with Crippen molar-refractivity contribution in [1.82, 2.24) is 9.88 Å². The number of para-hydroxylation sites is 1. The van der Waals surface area contributed by atoms with Crippen LogP contribution in [0.25, 0.3) is 22.2 Å². The van der Waals surface area contributed by atoms with Crippen molar-refractivity contribution in [2.45, 2.75) is 53.0 Å². The van der Waals surface area contributed by atoms with E-state index >= 15 is 0 Å². The number of hydrogen-bond donors (Lipinski definition) is 0. The highest BCUT2D eigenvalue weighted by molar-refractivity contribution is 6.09. The van der Waals surface area contributed by atoms with E-state index in [0.29, 0.717) is 0 Å².